The lowest BCUT2D eigenvalue weighted by Crippen LogP contribution is -2.53. The van der Waals surface area contributed by atoms with Crippen LogP contribution in [0.5, 0.6) is 0 Å². The SMILES string of the molecule is C[C@H]1CN(C(C)(C)C)CCC12C=Cc1ccccc12. The van der Waals surface area contributed by atoms with E-state index in [1.54, 1.807) is 5.56 Å². The third-order valence-corrected chi connectivity index (χ3v) is 5.14. The lowest BCUT2D eigenvalue weighted by molar-refractivity contribution is 0.0528. The van der Waals surface area contributed by atoms with Crippen LogP contribution in [-0.2, 0) is 5.41 Å². The second-order valence-corrected chi connectivity index (χ2v) is 7.23. The summed E-state index contributed by atoms with van der Waals surface area (Å²) in [5.41, 5.74) is 3.56. The molecule has 1 saturated heterocycles. The summed E-state index contributed by atoms with van der Waals surface area (Å²) in [4.78, 5) is 2.64. The topological polar surface area (TPSA) is 3.24 Å². The highest BCUT2D eigenvalue weighted by atomic mass is 15.2. The van der Waals surface area contributed by atoms with Crippen molar-refractivity contribution in [3.8, 4) is 0 Å². The van der Waals surface area contributed by atoms with E-state index in [1.807, 2.05) is 0 Å². The molecule has 1 heterocycles. The van der Waals surface area contributed by atoms with E-state index in [9.17, 15) is 0 Å². The first-order valence-electron chi connectivity index (χ1n) is 7.47. The quantitative estimate of drug-likeness (QED) is 0.675. The normalized spacial score (nSPS) is 30.8. The van der Waals surface area contributed by atoms with Crippen LogP contribution in [0.25, 0.3) is 6.08 Å². The van der Waals surface area contributed by atoms with E-state index in [2.05, 4.69) is 69.0 Å². The zero-order valence-electron chi connectivity index (χ0n) is 12.6. The molecule has 1 heteroatoms. The van der Waals surface area contributed by atoms with Crippen molar-refractivity contribution in [3.05, 3.63) is 41.5 Å². The summed E-state index contributed by atoms with van der Waals surface area (Å²) in [6, 6.07) is 8.93. The van der Waals surface area contributed by atoms with Crippen molar-refractivity contribution in [2.45, 2.75) is 45.1 Å². The van der Waals surface area contributed by atoms with E-state index in [-0.39, 0.29) is 5.54 Å². The minimum atomic E-state index is 0.289. The highest BCUT2D eigenvalue weighted by molar-refractivity contribution is 5.65. The molecule has 102 valence electrons. The van der Waals surface area contributed by atoms with Gasteiger partial charge in [0.25, 0.3) is 0 Å². The molecule has 1 aromatic rings. The Bertz CT molecular complexity index is 509. The van der Waals surface area contributed by atoms with Crippen molar-refractivity contribution >= 4 is 6.08 Å². The standard InChI is InChI=1S/C18H25N/c1-14-13-19(17(2,3)4)12-11-18(14)10-9-15-7-5-6-8-16(15)18/h5-10,14H,11-13H2,1-4H3/t14-,18?/m0/s1. The summed E-state index contributed by atoms with van der Waals surface area (Å²) in [6.45, 7) is 11.8. The molecule has 1 fully saturated rings. The molecule has 19 heavy (non-hydrogen) atoms. The Morgan fingerprint density at radius 2 is 1.95 bits per heavy atom. The van der Waals surface area contributed by atoms with Crippen molar-refractivity contribution in [1.29, 1.82) is 0 Å². The summed E-state index contributed by atoms with van der Waals surface area (Å²) in [7, 11) is 0. The molecule has 0 bridgehead atoms. The smallest absolute Gasteiger partial charge is 0.0191 e. The summed E-state index contributed by atoms with van der Waals surface area (Å²) in [5.74, 6) is 0.681. The largest absolute Gasteiger partial charge is 0.298 e. The van der Waals surface area contributed by atoms with E-state index in [4.69, 9.17) is 0 Å². The third-order valence-electron chi connectivity index (χ3n) is 5.14. The fourth-order valence-corrected chi connectivity index (χ4v) is 3.80. The summed E-state index contributed by atoms with van der Waals surface area (Å²) in [6.07, 6.45) is 6.06. The number of benzene rings is 1. The lowest BCUT2D eigenvalue weighted by atomic mass is 9.67. The van der Waals surface area contributed by atoms with E-state index in [0.29, 0.717) is 11.3 Å². The van der Waals surface area contributed by atoms with Gasteiger partial charge in [0.2, 0.25) is 0 Å². The highest BCUT2D eigenvalue weighted by Gasteiger charge is 2.44. The van der Waals surface area contributed by atoms with Crippen molar-refractivity contribution in [2.24, 2.45) is 5.92 Å². The highest BCUT2D eigenvalue weighted by Crippen LogP contribution is 2.47. The first-order chi connectivity index (χ1) is 8.93. The van der Waals surface area contributed by atoms with Gasteiger partial charge in [-0.3, -0.25) is 4.90 Å². The molecule has 1 spiro atoms. The number of allylic oxidation sites excluding steroid dienone is 1. The molecule has 1 aliphatic heterocycles. The molecule has 0 saturated carbocycles. The van der Waals surface area contributed by atoms with Gasteiger partial charge in [0.15, 0.2) is 0 Å². The van der Waals surface area contributed by atoms with Crippen LogP contribution in [-0.4, -0.2) is 23.5 Å². The monoisotopic (exact) mass is 255 g/mol. The zero-order valence-corrected chi connectivity index (χ0v) is 12.6. The molecule has 0 N–H and O–H groups in total. The predicted octanol–water partition coefficient (Wildman–Crippen LogP) is 4.09. The second kappa shape index (κ2) is 4.21. The molecule has 0 radical (unpaired) electrons. The van der Waals surface area contributed by atoms with Gasteiger partial charge in [-0.25, -0.2) is 0 Å². The molecule has 1 aliphatic carbocycles. The molecule has 2 aliphatic rings. The van der Waals surface area contributed by atoms with Gasteiger partial charge in [0, 0.05) is 17.5 Å². The van der Waals surface area contributed by atoms with Crippen molar-refractivity contribution in [1.82, 2.24) is 4.90 Å². The van der Waals surface area contributed by atoms with Crippen LogP contribution in [0.15, 0.2) is 30.3 Å². The Morgan fingerprint density at radius 1 is 1.21 bits per heavy atom. The van der Waals surface area contributed by atoms with Gasteiger partial charge in [0.05, 0.1) is 0 Å². The Kier molecular flexibility index (Phi) is 2.86. The van der Waals surface area contributed by atoms with Gasteiger partial charge in [0.1, 0.15) is 0 Å². The second-order valence-electron chi connectivity index (χ2n) is 7.23. The fourth-order valence-electron chi connectivity index (χ4n) is 3.80. The molecule has 1 unspecified atom stereocenters. The van der Waals surface area contributed by atoms with Crippen LogP contribution in [0.3, 0.4) is 0 Å². The van der Waals surface area contributed by atoms with Gasteiger partial charge in [-0.15, -0.1) is 0 Å². The Balaban J connectivity index is 1.92. The number of likely N-dealkylation sites (tertiary alicyclic amines) is 1. The average molecular weight is 255 g/mol. The molecule has 1 aromatic carbocycles. The lowest BCUT2D eigenvalue weighted by Gasteiger charge is -2.49. The summed E-state index contributed by atoms with van der Waals surface area (Å²) in [5, 5.41) is 0. The van der Waals surface area contributed by atoms with Crippen molar-refractivity contribution < 1.29 is 0 Å². The van der Waals surface area contributed by atoms with Crippen LogP contribution in [0.2, 0.25) is 0 Å². The number of rotatable bonds is 0. The van der Waals surface area contributed by atoms with Gasteiger partial charge >= 0.3 is 0 Å². The van der Waals surface area contributed by atoms with Crippen LogP contribution in [0, 0.1) is 5.92 Å². The van der Waals surface area contributed by atoms with Gasteiger partial charge in [-0.1, -0.05) is 43.3 Å². The van der Waals surface area contributed by atoms with E-state index in [0.717, 1.165) is 0 Å². The molecular weight excluding hydrogens is 230 g/mol. The molecular formula is C18H25N. The van der Waals surface area contributed by atoms with E-state index < -0.39 is 0 Å². The fraction of sp³-hybridized carbons (Fsp3) is 0.556. The molecule has 3 rings (SSSR count). The molecule has 0 amide bonds. The molecule has 2 atom stereocenters. The van der Waals surface area contributed by atoms with Gasteiger partial charge < -0.3 is 0 Å². The first-order valence-corrected chi connectivity index (χ1v) is 7.47. The number of nitrogens with zero attached hydrogens (tertiary/aromatic N) is 1. The van der Waals surface area contributed by atoms with Gasteiger partial charge in [-0.05, 0) is 50.8 Å². The minimum absolute atomic E-state index is 0.289. The third kappa shape index (κ3) is 1.95. The number of piperidine rings is 1. The summed E-state index contributed by atoms with van der Waals surface area (Å²) >= 11 is 0. The Hall–Kier alpha value is -1.08. The number of hydrogen-bond acceptors (Lipinski definition) is 1. The first kappa shape index (κ1) is 12.9. The number of hydrogen-bond donors (Lipinski definition) is 0. The van der Waals surface area contributed by atoms with Gasteiger partial charge in [-0.2, -0.15) is 0 Å². The maximum Gasteiger partial charge on any atom is 0.0191 e. The van der Waals surface area contributed by atoms with Crippen LogP contribution >= 0.6 is 0 Å². The van der Waals surface area contributed by atoms with Crippen LogP contribution in [0.1, 0.15) is 45.2 Å². The maximum atomic E-state index is 2.64. The summed E-state index contributed by atoms with van der Waals surface area (Å²) < 4.78 is 0. The molecule has 1 nitrogen and oxygen atoms in total. The molecule has 0 aromatic heterocycles. The zero-order chi connectivity index (χ0) is 13.7. The van der Waals surface area contributed by atoms with Crippen molar-refractivity contribution in [3.63, 3.8) is 0 Å². The van der Waals surface area contributed by atoms with E-state index >= 15 is 0 Å². The maximum absolute atomic E-state index is 2.64. The Morgan fingerprint density at radius 3 is 2.63 bits per heavy atom. The average Bonchev–Trinajstić information content (AvgIpc) is 2.72. The van der Waals surface area contributed by atoms with Crippen LogP contribution in [0.4, 0.5) is 0 Å². The van der Waals surface area contributed by atoms with Crippen molar-refractivity contribution in [2.75, 3.05) is 13.1 Å². The van der Waals surface area contributed by atoms with E-state index in [1.165, 1.54) is 25.1 Å². The Labute approximate surface area is 117 Å². The predicted molar refractivity (Wildman–Crippen MR) is 82.3 cm³/mol. The minimum Gasteiger partial charge on any atom is -0.298 e. The van der Waals surface area contributed by atoms with Crippen LogP contribution < -0.4 is 0 Å². The number of fused-ring (bicyclic) bond motifs is 2.